The Morgan fingerprint density at radius 2 is 2.37 bits per heavy atom. The van der Waals surface area contributed by atoms with Crippen LogP contribution in [-0.2, 0) is 11.3 Å². The molecule has 1 N–H and O–H groups in total. The van der Waals surface area contributed by atoms with Crippen LogP contribution in [0.4, 0.5) is 5.82 Å². The van der Waals surface area contributed by atoms with Gasteiger partial charge in [-0.2, -0.15) is 0 Å². The van der Waals surface area contributed by atoms with E-state index >= 15 is 0 Å². The molecule has 0 saturated carbocycles. The Labute approximate surface area is 116 Å². The molecule has 0 aliphatic carbocycles. The highest BCUT2D eigenvalue weighted by Crippen LogP contribution is 2.22. The number of hydrogen-bond acceptors (Lipinski definition) is 4. The minimum absolute atomic E-state index is 0.328. The summed E-state index contributed by atoms with van der Waals surface area (Å²) in [5, 5.41) is 3.40. The van der Waals surface area contributed by atoms with E-state index in [2.05, 4.69) is 42.2 Å². The molecule has 2 unspecified atom stereocenters. The Balaban J connectivity index is 2.01. The number of hydrogen-bond donors (Lipinski definition) is 1. The fraction of sp³-hybridized carbons (Fsp3) is 0.667. The molecule has 106 valence electrons. The summed E-state index contributed by atoms with van der Waals surface area (Å²) in [5.74, 6) is 1.02. The van der Waals surface area contributed by atoms with E-state index in [4.69, 9.17) is 4.74 Å². The predicted octanol–water partition coefficient (Wildman–Crippen LogP) is 2.51. The monoisotopic (exact) mass is 263 g/mol. The van der Waals surface area contributed by atoms with Crippen LogP contribution in [0.2, 0.25) is 0 Å². The van der Waals surface area contributed by atoms with E-state index in [1.54, 1.807) is 0 Å². The van der Waals surface area contributed by atoms with Crippen LogP contribution in [0.15, 0.2) is 18.3 Å². The first-order valence-electron chi connectivity index (χ1n) is 7.22. The molecular weight excluding hydrogens is 238 g/mol. The summed E-state index contributed by atoms with van der Waals surface area (Å²) in [6.07, 6.45) is 4.41. The normalized spacial score (nSPS) is 22.9. The van der Waals surface area contributed by atoms with Crippen molar-refractivity contribution >= 4 is 5.82 Å². The van der Waals surface area contributed by atoms with E-state index in [0.29, 0.717) is 12.1 Å². The Kier molecular flexibility index (Phi) is 5.16. The third kappa shape index (κ3) is 3.67. The lowest BCUT2D eigenvalue weighted by atomic mass is 10.1. The lowest BCUT2D eigenvalue weighted by Crippen LogP contribution is -2.36. The van der Waals surface area contributed by atoms with Crippen molar-refractivity contribution in [2.24, 2.45) is 0 Å². The quantitative estimate of drug-likeness (QED) is 0.855. The minimum Gasteiger partial charge on any atom is -0.377 e. The highest BCUT2D eigenvalue weighted by atomic mass is 16.5. The summed E-state index contributed by atoms with van der Waals surface area (Å²) in [6, 6.07) is 4.68. The van der Waals surface area contributed by atoms with E-state index < -0.39 is 0 Å². The van der Waals surface area contributed by atoms with Crippen molar-refractivity contribution in [2.75, 3.05) is 25.5 Å². The highest BCUT2D eigenvalue weighted by Gasteiger charge is 2.28. The number of anilines is 1. The zero-order chi connectivity index (χ0) is 13.7. The first-order chi connectivity index (χ1) is 9.22. The number of ether oxygens (including phenoxy) is 1. The molecule has 2 atom stereocenters. The molecule has 1 aliphatic heterocycles. The number of aromatic nitrogens is 1. The first-order valence-corrected chi connectivity index (χ1v) is 7.22. The largest absolute Gasteiger partial charge is 0.377 e. The van der Waals surface area contributed by atoms with Gasteiger partial charge in [0.2, 0.25) is 0 Å². The van der Waals surface area contributed by atoms with Crippen molar-refractivity contribution in [3.8, 4) is 0 Å². The van der Waals surface area contributed by atoms with Gasteiger partial charge in [0.15, 0.2) is 0 Å². The topological polar surface area (TPSA) is 37.4 Å². The van der Waals surface area contributed by atoms with Gasteiger partial charge in [-0.05, 0) is 32.9 Å². The lowest BCUT2D eigenvalue weighted by Gasteiger charge is -2.27. The van der Waals surface area contributed by atoms with Crippen molar-refractivity contribution < 1.29 is 4.74 Å². The van der Waals surface area contributed by atoms with Crippen molar-refractivity contribution in [1.29, 1.82) is 0 Å². The summed E-state index contributed by atoms with van der Waals surface area (Å²) >= 11 is 0. The van der Waals surface area contributed by atoms with Crippen molar-refractivity contribution in [3.63, 3.8) is 0 Å². The number of nitrogens with zero attached hydrogens (tertiary/aromatic N) is 2. The number of likely N-dealkylation sites (N-methyl/N-ethyl adjacent to an activating group) is 1. The zero-order valence-electron chi connectivity index (χ0n) is 12.2. The van der Waals surface area contributed by atoms with E-state index in [1.807, 2.05) is 12.3 Å². The fourth-order valence-corrected chi connectivity index (χ4v) is 2.65. The van der Waals surface area contributed by atoms with Crippen LogP contribution in [0.1, 0.15) is 32.3 Å². The lowest BCUT2D eigenvalue weighted by molar-refractivity contribution is 0.0814. The van der Waals surface area contributed by atoms with Crippen LogP contribution in [0.25, 0.3) is 0 Å². The second kappa shape index (κ2) is 6.87. The smallest absolute Gasteiger partial charge is 0.130 e. The molecule has 1 saturated heterocycles. The minimum atomic E-state index is 0.328. The average Bonchev–Trinajstić information content (AvgIpc) is 2.84. The molecule has 0 spiro atoms. The van der Waals surface area contributed by atoms with Gasteiger partial charge < -0.3 is 10.1 Å². The summed E-state index contributed by atoms with van der Waals surface area (Å²) in [7, 11) is 2.17. The van der Waals surface area contributed by atoms with Gasteiger partial charge in [-0.1, -0.05) is 13.0 Å². The molecule has 1 aromatic heterocycles. The predicted molar refractivity (Wildman–Crippen MR) is 78.3 cm³/mol. The van der Waals surface area contributed by atoms with Gasteiger partial charge in [0.05, 0.1) is 6.10 Å². The molecule has 0 aromatic carbocycles. The van der Waals surface area contributed by atoms with Gasteiger partial charge in [0.1, 0.15) is 5.82 Å². The van der Waals surface area contributed by atoms with Crippen molar-refractivity contribution in [2.45, 2.75) is 45.4 Å². The second-order valence-electron chi connectivity index (χ2n) is 5.28. The van der Waals surface area contributed by atoms with Crippen LogP contribution in [0.3, 0.4) is 0 Å². The maximum Gasteiger partial charge on any atom is 0.130 e. The van der Waals surface area contributed by atoms with Crippen LogP contribution in [-0.4, -0.2) is 42.2 Å². The molecule has 1 aliphatic rings. The summed E-state index contributed by atoms with van der Waals surface area (Å²) in [5.41, 5.74) is 1.26. The van der Waals surface area contributed by atoms with Gasteiger partial charge in [-0.3, -0.25) is 4.90 Å². The molecular formula is C15H25N3O. The Hall–Kier alpha value is -1.13. The average molecular weight is 263 g/mol. The van der Waals surface area contributed by atoms with Crippen LogP contribution in [0, 0.1) is 0 Å². The third-order valence-corrected chi connectivity index (χ3v) is 3.76. The van der Waals surface area contributed by atoms with Crippen molar-refractivity contribution in [3.05, 3.63) is 23.9 Å². The third-order valence-electron chi connectivity index (χ3n) is 3.76. The Morgan fingerprint density at radius 3 is 3.05 bits per heavy atom. The maximum absolute atomic E-state index is 5.65. The number of pyridine rings is 1. The fourth-order valence-electron chi connectivity index (χ4n) is 2.65. The molecule has 0 bridgehead atoms. The molecule has 4 heteroatoms. The zero-order valence-corrected chi connectivity index (χ0v) is 12.2. The standard InChI is InChI=1S/C15H25N3O/c1-4-8-16-15-13(6-5-9-17-15)11-18(3)14-7-10-19-12(14)2/h5-6,9,12,14H,4,7-8,10-11H2,1-3H3,(H,16,17). The van der Waals surface area contributed by atoms with Gasteiger partial charge in [0.25, 0.3) is 0 Å². The Morgan fingerprint density at radius 1 is 1.53 bits per heavy atom. The SMILES string of the molecule is CCCNc1ncccc1CN(C)C1CCOC1C. The molecule has 2 heterocycles. The molecule has 4 nitrogen and oxygen atoms in total. The van der Waals surface area contributed by atoms with E-state index in [9.17, 15) is 0 Å². The van der Waals surface area contributed by atoms with Crippen LogP contribution >= 0.6 is 0 Å². The molecule has 1 fully saturated rings. The first kappa shape index (κ1) is 14.3. The van der Waals surface area contributed by atoms with Crippen LogP contribution in [0.5, 0.6) is 0 Å². The van der Waals surface area contributed by atoms with E-state index in [0.717, 1.165) is 38.4 Å². The van der Waals surface area contributed by atoms with Gasteiger partial charge in [0, 0.05) is 37.5 Å². The van der Waals surface area contributed by atoms with Gasteiger partial charge >= 0.3 is 0 Å². The highest BCUT2D eigenvalue weighted by molar-refractivity contribution is 5.43. The maximum atomic E-state index is 5.65. The van der Waals surface area contributed by atoms with E-state index in [-0.39, 0.29) is 0 Å². The van der Waals surface area contributed by atoms with Crippen molar-refractivity contribution in [1.82, 2.24) is 9.88 Å². The molecule has 0 amide bonds. The van der Waals surface area contributed by atoms with Gasteiger partial charge in [-0.15, -0.1) is 0 Å². The number of nitrogens with one attached hydrogen (secondary N) is 1. The molecule has 0 radical (unpaired) electrons. The van der Waals surface area contributed by atoms with Crippen LogP contribution < -0.4 is 5.32 Å². The molecule has 2 rings (SSSR count). The Bertz CT molecular complexity index is 397. The summed E-state index contributed by atoms with van der Waals surface area (Å²) < 4.78 is 5.65. The second-order valence-corrected chi connectivity index (χ2v) is 5.28. The molecule has 1 aromatic rings. The summed E-state index contributed by atoms with van der Waals surface area (Å²) in [6.45, 7) is 7.09. The molecule has 19 heavy (non-hydrogen) atoms. The van der Waals surface area contributed by atoms with E-state index in [1.165, 1.54) is 5.56 Å². The van der Waals surface area contributed by atoms with Gasteiger partial charge in [-0.25, -0.2) is 4.98 Å². The number of rotatable bonds is 6. The summed E-state index contributed by atoms with van der Waals surface area (Å²) in [4.78, 5) is 6.83.